The number of amides is 2. The number of carbonyl (C=O) groups excluding carboxylic acids is 2. The second kappa shape index (κ2) is 11.4. The predicted octanol–water partition coefficient (Wildman–Crippen LogP) is 4.17. The molecule has 1 aromatic carbocycles. The molecule has 2 aliphatic rings. The highest BCUT2D eigenvalue weighted by Gasteiger charge is 2.30. The lowest BCUT2D eigenvalue weighted by atomic mass is 10.1. The van der Waals surface area contributed by atoms with Gasteiger partial charge < -0.3 is 23.7 Å². The molecular weight excluding hydrogens is 510 g/mol. The molecule has 38 heavy (non-hydrogen) atoms. The number of fused-ring (bicyclic) bond motifs is 2. The van der Waals surface area contributed by atoms with Gasteiger partial charge >= 0.3 is 0 Å². The van der Waals surface area contributed by atoms with Gasteiger partial charge in [0.15, 0.2) is 11.5 Å². The van der Waals surface area contributed by atoms with E-state index < -0.39 is 0 Å². The Kier molecular flexibility index (Phi) is 7.80. The van der Waals surface area contributed by atoms with Crippen LogP contribution in [-0.4, -0.2) is 70.8 Å². The lowest BCUT2D eigenvalue weighted by Crippen LogP contribution is -2.34. The number of carbonyl (C=O) groups is 2. The Morgan fingerprint density at radius 3 is 2.79 bits per heavy atom. The first kappa shape index (κ1) is 26.0. The van der Waals surface area contributed by atoms with Gasteiger partial charge in [-0.25, -0.2) is 4.98 Å². The molecule has 0 radical (unpaired) electrons. The Hall–Kier alpha value is -3.63. The van der Waals surface area contributed by atoms with Crippen molar-refractivity contribution in [3.05, 3.63) is 53.3 Å². The average Bonchev–Trinajstić information content (AvgIpc) is 3.16. The van der Waals surface area contributed by atoms with Gasteiger partial charge in [0.05, 0.1) is 30.3 Å². The molecule has 0 bridgehead atoms. The summed E-state index contributed by atoms with van der Waals surface area (Å²) in [4.78, 5) is 36.6. The third-order valence-electron chi connectivity index (χ3n) is 6.68. The highest BCUT2D eigenvalue weighted by Crippen LogP contribution is 2.44. The fourth-order valence-corrected chi connectivity index (χ4v) is 5.23. The second-order valence-electron chi connectivity index (χ2n) is 9.28. The van der Waals surface area contributed by atoms with E-state index in [1.54, 1.807) is 29.3 Å². The van der Waals surface area contributed by atoms with Gasteiger partial charge in [-0.15, -0.1) is 0 Å². The van der Waals surface area contributed by atoms with E-state index in [9.17, 15) is 9.59 Å². The van der Waals surface area contributed by atoms with Crippen molar-refractivity contribution in [1.29, 1.82) is 0 Å². The lowest BCUT2D eigenvalue weighted by Gasteiger charge is -2.26. The fraction of sp³-hybridized carbons (Fsp3) is 0.407. The number of aromatic nitrogens is 3. The monoisotopic (exact) mass is 539 g/mol. The third-order valence-corrected chi connectivity index (χ3v) is 7.03. The van der Waals surface area contributed by atoms with Gasteiger partial charge in [0.25, 0.3) is 5.91 Å². The van der Waals surface area contributed by atoms with Crippen LogP contribution in [0, 0.1) is 6.92 Å². The largest absolute Gasteiger partial charge is 0.487 e. The Labute approximate surface area is 225 Å². The molecule has 11 heteroatoms. The molecule has 0 unspecified atom stereocenters. The molecule has 10 nitrogen and oxygen atoms in total. The van der Waals surface area contributed by atoms with Crippen molar-refractivity contribution in [2.45, 2.75) is 32.2 Å². The van der Waals surface area contributed by atoms with Crippen molar-refractivity contribution < 1.29 is 23.8 Å². The van der Waals surface area contributed by atoms with Crippen LogP contribution in [0.2, 0.25) is 5.02 Å². The number of pyridine rings is 1. The summed E-state index contributed by atoms with van der Waals surface area (Å²) in [6.07, 6.45) is 5.44. The van der Waals surface area contributed by atoms with Crippen LogP contribution in [0.3, 0.4) is 0 Å². The summed E-state index contributed by atoms with van der Waals surface area (Å²) < 4.78 is 19.3. The fourth-order valence-electron chi connectivity index (χ4n) is 4.90. The number of aryl methyl sites for hydroxylation is 1. The summed E-state index contributed by atoms with van der Waals surface area (Å²) in [7, 11) is 0. The molecule has 0 spiro atoms. The van der Waals surface area contributed by atoms with E-state index in [0.29, 0.717) is 78.6 Å². The van der Waals surface area contributed by atoms with Gasteiger partial charge in [0.1, 0.15) is 18.2 Å². The van der Waals surface area contributed by atoms with Gasteiger partial charge in [-0.3, -0.25) is 19.9 Å². The van der Waals surface area contributed by atoms with E-state index in [4.69, 9.17) is 30.8 Å². The van der Waals surface area contributed by atoms with Crippen LogP contribution in [0.4, 0.5) is 5.95 Å². The molecular formula is C27H30ClN5O5. The summed E-state index contributed by atoms with van der Waals surface area (Å²) in [5, 5.41) is 3.30. The van der Waals surface area contributed by atoms with Crippen molar-refractivity contribution in [3.63, 3.8) is 0 Å². The number of rotatable bonds is 4. The minimum absolute atomic E-state index is 0.136. The molecule has 2 aromatic heterocycles. The Bertz CT molecular complexity index is 1370. The van der Waals surface area contributed by atoms with Crippen LogP contribution in [0.5, 0.6) is 11.5 Å². The summed E-state index contributed by atoms with van der Waals surface area (Å²) in [5.74, 6) is 0.738. The zero-order chi connectivity index (χ0) is 26.6. The van der Waals surface area contributed by atoms with E-state index in [1.165, 1.54) is 6.08 Å². The van der Waals surface area contributed by atoms with E-state index in [1.807, 2.05) is 11.5 Å². The van der Waals surface area contributed by atoms with Crippen LogP contribution < -0.4 is 14.8 Å². The lowest BCUT2D eigenvalue weighted by molar-refractivity contribution is -0.126. The SMILES string of the molecule is C=CC(=O)N1CCCC[C@@H](n2c(NC(=O)c3ccnc(C)c3)nc3cc4c(c(Cl)c32)OCCOCCO4)C1. The maximum atomic E-state index is 13.3. The van der Waals surface area contributed by atoms with Crippen molar-refractivity contribution in [2.75, 3.05) is 44.8 Å². The zero-order valence-corrected chi connectivity index (χ0v) is 22.0. The second-order valence-corrected chi connectivity index (χ2v) is 9.66. The minimum atomic E-state index is -0.324. The van der Waals surface area contributed by atoms with Crippen molar-refractivity contribution in [1.82, 2.24) is 19.4 Å². The topological polar surface area (TPSA) is 108 Å². The van der Waals surface area contributed by atoms with Crippen molar-refractivity contribution >= 4 is 40.4 Å². The number of hydrogen-bond donors (Lipinski definition) is 1. The molecule has 0 aliphatic carbocycles. The summed E-state index contributed by atoms with van der Waals surface area (Å²) in [5.41, 5.74) is 2.34. The first-order valence-electron chi connectivity index (χ1n) is 12.7. The molecule has 2 aliphatic heterocycles. The standard InChI is InChI=1S/C27H30ClN5O5/c1-3-22(34)32-9-5-4-6-19(16-32)33-24-20(15-21-25(23(24)28)38-13-11-36-10-12-37-21)30-27(33)31-26(35)18-7-8-29-17(2)14-18/h3,7-8,14-15,19H,1,4-6,9-13,16H2,2H3,(H,30,31,35)/t19-/m1/s1. The van der Waals surface area contributed by atoms with Gasteiger partial charge in [-0.2, -0.15) is 0 Å². The molecule has 1 saturated heterocycles. The normalized spacial score (nSPS) is 18.2. The average molecular weight is 540 g/mol. The van der Waals surface area contributed by atoms with E-state index in [2.05, 4.69) is 16.9 Å². The van der Waals surface area contributed by atoms with E-state index >= 15 is 0 Å². The van der Waals surface area contributed by atoms with Crippen LogP contribution in [0.25, 0.3) is 11.0 Å². The number of nitrogens with one attached hydrogen (secondary N) is 1. The Balaban J connectivity index is 1.64. The van der Waals surface area contributed by atoms with Crippen LogP contribution in [-0.2, 0) is 9.53 Å². The maximum absolute atomic E-state index is 13.3. The predicted molar refractivity (Wildman–Crippen MR) is 143 cm³/mol. The molecule has 2 amide bonds. The highest BCUT2D eigenvalue weighted by molar-refractivity contribution is 6.37. The number of anilines is 1. The molecule has 1 atom stereocenters. The number of likely N-dealkylation sites (tertiary alicyclic amines) is 1. The van der Waals surface area contributed by atoms with Gasteiger partial charge in [-0.1, -0.05) is 18.2 Å². The number of benzene rings is 1. The van der Waals surface area contributed by atoms with Crippen molar-refractivity contribution in [2.24, 2.45) is 0 Å². The molecule has 1 N–H and O–H groups in total. The number of halogens is 1. The smallest absolute Gasteiger partial charge is 0.258 e. The third kappa shape index (κ3) is 5.32. The van der Waals surface area contributed by atoms with Crippen LogP contribution >= 0.6 is 11.6 Å². The zero-order valence-electron chi connectivity index (χ0n) is 21.2. The van der Waals surface area contributed by atoms with Crippen LogP contribution in [0.1, 0.15) is 41.4 Å². The molecule has 4 heterocycles. The van der Waals surface area contributed by atoms with Gasteiger partial charge in [-0.05, 0) is 44.4 Å². The Morgan fingerprint density at radius 1 is 1.18 bits per heavy atom. The van der Waals surface area contributed by atoms with Crippen LogP contribution in [0.15, 0.2) is 37.1 Å². The van der Waals surface area contributed by atoms with Gasteiger partial charge in [0.2, 0.25) is 11.9 Å². The van der Waals surface area contributed by atoms with E-state index in [0.717, 1.165) is 25.0 Å². The summed E-state index contributed by atoms with van der Waals surface area (Å²) >= 11 is 6.99. The molecule has 3 aromatic rings. The molecule has 5 rings (SSSR count). The highest BCUT2D eigenvalue weighted by atomic mass is 35.5. The number of imidazole rings is 1. The van der Waals surface area contributed by atoms with Gasteiger partial charge in [0, 0.05) is 36.6 Å². The Morgan fingerprint density at radius 2 is 2.00 bits per heavy atom. The maximum Gasteiger partial charge on any atom is 0.258 e. The first-order valence-corrected chi connectivity index (χ1v) is 13.1. The number of ether oxygens (including phenoxy) is 3. The molecule has 1 fully saturated rings. The summed E-state index contributed by atoms with van der Waals surface area (Å²) in [6, 6.07) is 4.94. The van der Waals surface area contributed by atoms with E-state index in [-0.39, 0.29) is 17.9 Å². The first-order chi connectivity index (χ1) is 18.5. The quantitative estimate of drug-likeness (QED) is 0.496. The number of nitrogens with zero attached hydrogens (tertiary/aromatic N) is 4. The van der Waals surface area contributed by atoms with Crippen molar-refractivity contribution in [3.8, 4) is 11.5 Å². The molecule has 200 valence electrons. The number of hydrogen-bond acceptors (Lipinski definition) is 7. The summed E-state index contributed by atoms with van der Waals surface area (Å²) in [6.45, 7) is 8.01. The minimum Gasteiger partial charge on any atom is -0.487 e. The molecule has 0 saturated carbocycles.